The van der Waals surface area contributed by atoms with Crippen molar-refractivity contribution in [2.24, 2.45) is 5.73 Å². The van der Waals surface area contributed by atoms with Crippen LogP contribution in [0.5, 0.6) is 0 Å². The average molecular weight is 255 g/mol. The quantitative estimate of drug-likeness (QED) is 0.250. The van der Waals surface area contributed by atoms with E-state index in [0.717, 1.165) is 14.2 Å². The van der Waals surface area contributed by atoms with E-state index in [0.29, 0.717) is 0 Å². The molecule has 0 aromatic carbocycles. The highest BCUT2D eigenvalue weighted by molar-refractivity contribution is 5.79. The summed E-state index contributed by atoms with van der Waals surface area (Å²) >= 11 is 0. The number of carbonyl (C=O) groups excluding carboxylic acids is 1. The highest BCUT2D eigenvalue weighted by Gasteiger charge is 2.55. The van der Waals surface area contributed by atoms with Crippen molar-refractivity contribution >= 4 is 5.91 Å². The second kappa shape index (κ2) is 5.69. The van der Waals surface area contributed by atoms with E-state index in [1.807, 2.05) is 0 Å². The van der Waals surface area contributed by atoms with E-state index in [2.05, 4.69) is 9.47 Å². The van der Waals surface area contributed by atoms with Crippen LogP contribution in [0.2, 0.25) is 0 Å². The molecule has 0 saturated carbocycles. The number of hydrogen-bond acceptors (Lipinski definition) is 8. The molecular formula is C8H17NO8. The molecule has 0 fully saturated rings. The highest BCUT2D eigenvalue weighted by atomic mass is 16.7. The van der Waals surface area contributed by atoms with Gasteiger partial charge in [-0.3, -0.25) is 4.79 Å². The summed E-state index contributed by atoms with van der Waals surface area (Å²) in [7, 11) is 1.77. The molecule has 0 aromatic heterocycles. The minimum atomic E-state index is -2.93. The van der Waals surface area contributed by atoms with Crippen LogP contribution < -0.4 is 5.73 Å². The number of aliphatic hydroxyl groups excluding tert-OH is 3. The summed E-state index contributed by atoms with van der Waals surface area (Å²) < 4.78 is 8.76. The van der Waals surface area contributed by atoms with Crippen molar-refractivity contribution in [3.8, 4) is 0 Å². The van der Waals surface area contributed by atoms with E-state index in [4.69, 9.17) is 10.8 Å². The Morgan fingerprint density at radius 1 is 1.29 bits per heavy atom. The molecule has 9 nitrogen and oxygen atoms in total. The first kappa shape index (κ1) is 16.2. The fourth-order valence-electron chi connectivity index (χ4n) is 1.16. The van der Waals surface area contributed by atoms with Crippen LogP contribution in [0.1, 0.15) is 0 Å². The Balaban J connectivity index is 5.30. The Morgan fingerprint density at radius 3 is 2.00 bits per heavy atom. The summed E-state index contributed by atoms with van der Waals surface area (Å²) in [5, 5.41) is 47.1. The summed E-state index contributed by atoms with van der Waals surface area (Å²) in [5.74, 6) is -6.97. The third-order valence-electron chi connectivity index (χ3n) is 2.39. The summed E-state index contributed by atoms with van der Waals surface area (Å²) in [6.45, 7) is -1.12. The van der Waals surface area contributed by atoms with Crippen molar-refractivity contribution < 1.29 is 39.8 Å². The fourth-order valence-corrected chi connectivity index (χ4v) is 1.16. The minimum absolute atomic E-state index is 0.850. The Hall–Kier alpha value is -0.810. The lowest BCUT2D eigenvalue weighted by Crippen LogP contribution is -2.67. The van der Waals surface area contributed by atoms with Gasteiger partial charge in [-0.15, -0.1) is 0 Å². The number of ether oxygens (including phenoxy) is 2. The van der Waals surface area contributed by atoms with Crippen LogP contribution in [0, 0.1) is 0 Å². The number of primary amides is 1. The molecule has 0 spiro atoms. The van der Waals surface area contributed by atoms with Crippen molar-refractivity contribution in [3.63, 3.8) is 0 Å². The van der Waals surface area contributed by atoms with E-state index >= 15 is 0 Å². The van der Waals surface area contributed by atoms with Crippen molar-refractivity contribution in [2.45, 2.75) is 23.8 Å². The molecule has 0 aliphatic heterocycles. The van der Waals surface area contributed by atoms with Crippen LogP contribution in [0.15, 0.2) is 0 Å². The van der Waals surface area contributed by atoms with Gasteiger partial charge < -0.3 is 40.7 Å². The molecule has 0 radical (unpaired) electrons. The predicted molar refractivity (Wildman–Crippen MR) is 52.2 cm³/mol. The maximum Gasteiger partial charge on any atom is 0.252 e. The average Bonchev–Trinajstić information content (AvgIpc) is 2.34. The first-order valence-electron chi connectivity index (χ1n) is 4.51. The zero-order valence-electron chi connectivity index (χ0n) is 9.40. The number of hydrogen-bond donors (Lipinski definition) is 6. The van der Waals surface area contributed by atoms with Crippen LogP contribution in [0.3, 0.4) is 0 Å². The van der Waals surface area contributed by atoms with E-state index in [1.165, 1.54) is 0 Å². The second-order valence-corrected chi connectivity index (χ2v) is 3.37. The van der Waals surface area contributed by atoms with Crippen LogP contribution in [0.4, 0.5) is 0 Å². The predicted octanol–water partition coefficient (Wildman–Crippen LogP) is -4.14. The van der Waals surface area contributed by atoms with Crippen LogP contribution in [-0.4, -0.2) is 76.0 Å². The van der Waals surface area contributed by atoms with Gasteiger partial charge in [-0.2, -0.15) is 0 Å². The van der Waals surface area contributed by atoms with Crippen LogP contribution >= 0.6 is 0 Å². The van der Waals surface area contributed by atoms with Gasteiger partial charge >= 0.3 is 0 Å². The number of aliphatic hydroxyl groups is 5. The van der Waals surface area contributed by atoms with Gasteiger partial charge in [0, 0.05) is 14.2 Å². The molecule has 0 saturated heterocycles. The number of amides is 1. The zero-order valence-corrected chi connectivity index (χ0v) is 9.40. The van der Waals surface area contributed by atoms with Gasteiger partial charge in [0.15, 0.2) is 12.2 Å². The SMILES string of the molecule is COC(O)(CO)C(O)C(O)(OC)C(O)C(N)=O. The molecule has 17 heavy (non-hydrogen) atoms. The molecule has 4 unspecified atom stereocenters. The van der Waals surface area contributed by atoms with Gasteiger partial charge in [0.2, 0.25) is 11.6 Å². The van der Waals surface area contributed by atoms with E-state index in [1.54, 1.807) is 0 Å². The Morgan fingerprint density at radius 2 is 1.76 bits per heavy atom. The van der Waals surface area contributed by atoms with Gasteiger partial charge in [-0.1, -0.05) is 0 Å². The third kappa shape index (κ3) is 2.90. The van der Waals surface area contributed by atoms with E-state index < -0.39 is 36.3 Å². The standard InChI is InChI=1S/C8H17NO8/c1-16-7(14,3-10)6(13)8(15,17-2)4(11)5(9)12/h4,6,10-11,13-15H,3H2,1-2H3,(H2,9,12). The van der Waals surface area contributed by atoms with Crippen LogP contribution in [0.25, 0.3) is 0 Å². The number of nitrogens with two attached hydrogens (primary N) is 1. The van der Waals surface area contributed by atoms with Crippen molar-refractivity contribution in [1.29, 1.82) is 0 Å². The number of methoxy groups -OCH3 is 2. The molecule has 0 aromatic rings. The minimum Gasteiger partial charge on any atom is -0.391 e. The lowest BCUT2D eigenvalue weighted by atomic mass is 9.95. The van der Waals surface area contributed by atoms with E-state index in [-0.39, 0.29) is 0 Å². The summed E-state index contributed by atoms with van der Waals surface area (Å²) in [6.07, 6.45) is -4.69. The molecule has 0 bridgehead atoms. The van der Waals surface area contributed by atoms with Gasteiger partial charge in [0.1, 0.15) is 0 Å². The first-order valence-corrected chi connectivity index (χ1v) is 4.51. The largest absolute Gasteiger partial charge is 0.391 e. The number of carbonyl (C=O) groups is 1. The topological polar surface area (TPSA) is 163 Å². The zero-order chi connectivity index (χ0) is 13.9. The van der Waals surface area contributed by atoms with Crippen molar-refractivity contribution in [1.82, 2.24) is 0 Å². The third-order valence-corrected chi connectivity index (χ3v) is 2.39. The van der Waals surface area contributed by atoms with Gasteiger partial charge in [-0.05, 0) is 0 Å². The fraction of sp³-hybridized carbons (Fsp3) is 0.875. The Kier molecular flexibility index (Phi) is 5.42. The Bertz CT molecular complexity index is 268. The van der Waals surface area contributed by atoms with Crippen LogP contribution in [-0.2, 0) is 14.3 Å². The maximum atomic E-state index is 10.7. The lowest BCUT2D eigenvalue weighted by molar-refractivity contribution is -0.361. The van der Waals surface area contributed by atoms with Gasteiger partial charge in [0.05, 0.1) is 6.61 Å². The van der Waals surface area contributed by atoms with E-state index in [9.17, 15) is 25.2 Å². The monoisotopic (exact) mass is 255 g/mol. The summed E-state index contributed by atoms with van der Waals surface area (Å²) in [5.41, 5.74) is 4.74. The lowest BCUT2D eigenvalue weighted by Gasteiger charge is -2.40. The highest BCUT2D eigenvalue weighted by Crippen LogP contribution is 2.26. The molecule has 102 valence electrons. The maximum absolute atomic E-state index is 10.7. The van der Waals surface area contributed by atoms with Crippen molar-refractivity contribution in [3.05, 3.63) is 0 Å². The second-order valence-electron chi connectivity index (χ2n) is 3.37. The molecule has 4 atom stereocenters. The normalized spacial score (nSPS) is 22.3. The Labute approximate surface area is 97.0 Å². The van der Waals surface area contributed by atoms with Crippen molar-refractivity contribution in [2.75, 3.05) is 20.8 Å². The molecule has 1 amide bonds. The molecular weight excluding hydrogens is 238 g/mol. The molecule has 0 heterocycles. The molecule has 0 rings (SSSR count). The smallest absolute Gasteiger partial charge is 0.252 e. The van der Waals surface area contributed by atoms with Gasteiger partial charge in [-0.25, -0.2) is 0 Å². The molecule has 0 aliphatic rings. The molecule has 7 N–H and O–H groups in total. The van der Waals surface area contributed by atoms with Gasteiger partial charge in [0.25, 0.3) is 5.91 Å². The molecule has 9 heteroatoms. The molecule has 0 aliphatic carbocycles. The summed E-state index contributed by atoms with van der Waals surface area (Å²) in [6, 6.07) is 0. The number of rotatable bonds is 7. The first-order chi connectivity index (χ1) is 7.69. The summed E-state index contributed by atoms with van der Waals surface area (Å²) in [4.78, 5) is 10.7.